The van der Waals surface area contributed by atoms with Crippen LogP contribution in [0.15, 0.2) is 24.3 Å². The van der Waals surface area contributed by atoms with Crippen molar-refractivity contribution < 1.29 is 14.6 Å². The maximum absolute atomic E-state index is 11.7. The predicted octanol–water partition coefficient (Wildman–Crippen LogP) is 2.41. The number of ether oxygens (including phenoxy) is 1. The third-order valence-corrected chi connectivity index (χ3v) is 3.01. The van der Waals surface area contributed by atoms with E-state index < -0.39 is 12.1 Å². The molecule has 2 unspecified atom stereocenters. The van der Waals surface area contributed by atoms with E-state index in [1.807, 2.05) is 0 Å². The summed E-state index contributed by atoms with van der Waals surface area (Å²) in [4.78, 5) is 11.7. The number of carbonyl (C=O) groups is 1. The minimum Gasteiger partial charge on any atom is -0.456 e. The van der Waals surface area contributed by atoms with Gasteiger partial charge >= 0.3 is 5.97 Å². The van der Waals surface area contributed by atoms with Crippen molar-refractivity contribution in [1.29, 1.82) is 0 Å². The maximum Gasteiger partial charge on any atom is 0.338 e. The molecule has 0 amide bonds. The Morgan fingerprint density at radius 3 is 2.56 bits per heavy atom. The molecule has 1 aromatic carbocycles. The van der Waals surface area contributed by atoms with Crippen LogP contribution in [0.3, 0.4) is 0 Å². The molecule has 1 fully saturated rings. The van der Waals surface area contributed by atoms with Crippen molar-refractivity contribution in [2.24, 2.45) is 0 Å². The van der Waals surface area contributed by atoms with Crippen molar-refractivity contribution in [3.05, 3.63) is 34.9 Å². The molecule has 2 rings (SSSR count). The summed E-state index contributed by atoms with van der Waals surface area (Å²) < 4.78 is 5.22. The van der Waals surface area contributed by atoms with E-state index in [1.165, 1.54) is 0 Å². The van der Waals surface area contributed by atoms with Gasteiger partial charge in [0.2, 0.25) is 0 Å². The van der Waals surface area contributed by atoms with Gasteiger partial charge in [-0.05, 0) is 43.5 Å². The first-order valence-corrected chi connectivity index (χ1v) is 5.69. The van der Waals surface area contributed by atoms with Crippen molar-refractivity contribution in [2.45, 2.75) is 31.5 Å². The van der Waals surface area contributed by atoms with E-state index in [1.54, 1.807) is 24.3 Å². The van der Waals surface area contributed by atoms with Gasteiger partial charge in [0.15, 0.2) is 0 Å². The fourth-order valence-corrected chi connectivity index (χ4v) is 1.96. The second-order valence-electron chi connectivity index (χ2n) is 3.95. The highest BCUT2D eigenvalue weighted by molar-refractivity contribution is 6.30. The summed E-state index contributed by atoms with van der Waals surface area (Å²) in [6.45, 7) is 0. The Balaban J connectivity index is 2.00. The molecule has 1 N–H and O–H groups in total. The lowest BCUT2D eigenvalue weighted by molar-refractivity contribution is -0.00484. The summed E-state index contributed by atoms with van der Waals surface area (Å²) in [7, 11) is 0. The molecule has 0 spiro atoms. The van der Waals surface area contributed by atoms with Gasteiger partial charge in [0, 0.05) is 5.02 Å². The molecule has 3 nitrogen and oxygen atoms in total. The van der Waals surface area contributed by atoms with E-state index in [2.05, 4.69) is 0 Å². The van der Waals surface area contributed by atoms with Gasteiger partial charge in [0.05, 0.1) is 11.7 Å². The minimum atomic E-state index is -0.517. The van der Waals surface area contributed by atoms with Crippen LogP contribution in [-0.2, 0) is 4.74 Å². The smallest absolute Gasteiger partial charge is 0.338 e. The van der Waals surface area contributed by atoms with E-state index in [0.29, 0.717) is 17.0 Å². The summed E-state index contributed by atoms with van der Waals surface area (Å²) in [6.07, 6.45) is 1.47. The van der Waals surface area contributed by atoms with Gasteiger partial charge in [0.25, 0.3) is 0 Å². The second-order valence-corrected chi connectivity index (χ2v) is 4.39. The third kappa shape index (κ3) is 2.54. The van der Waals surface area contributed by atoms with Gasteiger partial charge in [-0.15, -0.1) is 0 Å². The van der Waals surface area contributed by atoms with E-state index in [0.717, 1.165) is 12.8 Å². The average molecular weight is 241 g/mol. The minimum absolute atomic E-state index is 0.358. The van der Waals surface area contributed by atoms with Crippen molar-refractivity contribution in [3.8, 4) is 0 Å². The van der Waals surface area contributed by atoms with E-state index in [-0.39, 0.29) is 6.10 Å². The van der Waals surface area contributed by atoms with Gasteiger partial charge in [0.1, 0.15) is 6.10 Å². The third-order valence-electron chi connectivity index (χ3n) is 2.76. The van der Waals surface area contributed by atoms with Crippen LogP contribution in [0.2, 0.25) is 5.02 Å². The fourth-order valence-electron chi connectivity index (χ4n) is 1.84. The first-order valence-electron chi connectivity index (χ1n) is 5.31. The molecule has 1 saturated carbocycles. The number of hydrogen-bond donors (Lipinski definition) is 1. The maximum atomic E-state index is 11.7. The molecule has 1 aliphatic rings. The van der Waals surface area contributed by atoms with Crippen molar-refractivity contribution in [1.82, 2.24) is 0 Å². The Hall–Kier alpha value is -1.06. The first kappa shape index (κ1) is 11.4. The van der Waals surface area contributed by atoms with Gasteiger partial charge in [-0.1, -0.05) is 11.6 Å². The standard InChI is InChI=1S/C12H13ClO3/c13-9-6-4-8(5-7-9)12(15)16-11-3-1-2-10(11)14/h4-7,10-11,14H,1-3H2. The fraction of sp³-hybridized carbons (Fsp3) is 0.417. The number of hydrogen-bond acceptors (Lipinski definition) is 3. The highest BCUT2D eigenvalue weighted by atomic mass is 35.5. The van der Waals surface area contributed by atoms with Crippen LogP contribution in [0, 0.1) is 0 Å². The van der Waals surface area contributed by atoms with Crippen LogP contribution in [0.25, 0.3) is 0 Å². The van der Waals surface area contributed by atoms with Crippen LogP contribution in [0.4, 0.5) is 0 Å². The zero-order valence-electron chi connectivity index (χ0n) is 8.73. The van der Waals surface area contributed by atoms with Gasteiger partial charge in [-0.3, -0.25) is 0 Å². The number of aliphatic hydroxyl groups excluding tert-OH is 1. The molecule has 16 heavy (non-hydrogen) atoms. The lowest BCUT2D eigenvalue weighted by Gasteiger charge is -2.15. The lowest BCUT2D eigenvalue weighted by Crippen LogP contribution is -2.25. The van der Waals surface area contributed by atoms with Crippen LogP contribution in [0.1, 0.15) is 29.6 Å². The Bertz CT molecular complexity index is 374. The van der Waals surface area contributed by atoms with Crippen LogP contribution in [-0.4, -0.2) is 23.3 Å². The molecule has 4 heteroatoms. The topological polar surface area (TPSA) is 46.5 Å². The molecular weight excluding hydrogens is 228 g/mol. The molecule has 0 saturated heterocycles. The van der Waals surface area contributed by atoms with Gasteiger partial charge in [-0.2, -0.15) is 0 Å². The number of aliphatic hydroxyl groups is 1. The molecular formula is C12H13ClO3. The van der Waals surface area contributed by atoms with E-state index in [9.17, 15) is 9.90 Å². The zero-order chi connectivity index (χ0) is 11.5. The summed E-state index contributed by atoms with van der Waals surface area (Å²) in [5, 5.41) is 10.1. The average Bonchev–Trinajstić information content (AvgIpc) is 2.65. The number of rotatable bonds is 2. The van der Waals surface area contributed by atoms with Crippen molar-refractivity contribution in [3.63, 3.8) is 0 Å². The largest absolute Gasteiger partial charge is 0.456 e. The van der Waals surface area contributed by atoms with Crippen LogP contribution in [0.5, 0.6) is 0 Å². The highest BCUT2D eigenvalue weighted by Gasteiger charge is 2.28. The zero-order valence-corrected chi connectivity index (χ0v) is 9.48. The Morgan fingerprint density at radius 1 is 1.31 bits per heavy atom. The predicted molar refractivity (Wildman–Crippen MR) is 60.5 cm³/mol. The van der Waals surface area contributed by atoms with Crippen molar-refractivity contribution in [2.75, 3.05) is 0 Å². The number of esters is 1. The molecule has 1 aliphatic carbocycles. The Labute approximate surface area is 99.0 Å². The molecule has 0 bridgehead atoms. The molecule has 0 heterocycles. The lowest BCUT2D eigenvalue weighted by atomic mass is 10.2. The van der Waals surface area contributed by atoms with E-state index in [4.69, 9.17) is 16.3 Å². The Morgan fingerprint density at radius 2 is 2.00 bits per heavy atom. The van der Waals surface area contributed by atoms with Gasteiger partial charge in [-0.25, -0.2) is 4.79 Å². The highest BCUT2D eigenvalue weighted by Crippen LogP contribution is 2.23. The summed E-state index contributed by atoms with van der Waals surface area (Å²) in [5.41, 5.74) is 0.462. The molecule has 86 valence electrons. The summed E-state index contributed by atoms with van der Waals surface area (Å²) >= 11 is 5.72. The molecule has 0 aliphatic heterocycles. The number of halogens is 1. The van der Waals surface area contributed by atoms with E-state index >= 15 is 0 Å². The number of carbonyl (C=O) groups excluding carboxylic acids is 1. The van der Waals surface area contributed by atoms with Crippen LogP contribution >= 0.6 is 11.6 Å². The monoisotopic (exact) mass is 240 g/mol. The molecule has 0 aromatic heterocycles. The normalized spacial score (nSPS) is 24.4. The molecule has 2 atom stereocenters. The van der Waals surface area contributed by atoms with Crippen LogP contribution < -0.4 is 0 Å². The molecule has 1 aromatic rings. The quantitative estimate of drug-likeness (QED) is 0.808. The SMILES string of the molecule is O=C(OC1CCCC1O)c1ccc(Cl)cc1. The van der Waals surface area contributed by atoms with Gasteiger partial charge < -0.3 is 9.84 Å². The first-order chi connectivity index (χ1) is 7.66. The summed E-state index contributed by atoms with van der Waals surface area (Å²) in [5.74, 6) is -0.400. The second kappa shape index (κ2) is 4.85. The molecule has 0 radical (unpaired) electrons. The summed E-state index contributed by atoms with van der Waals surface area (Å²) in [6, 6.07) is 6.52. The van der Waals surface area contributed by atoms with Crippen molar-refractivity contribution >= 4 is 17.6 Å². The Kier molecular flexibility index (Phi) is 3.46. The number of benzene rings is 1.